The predicted molar refractivity (Wildman–Crippen MR) is 88.2 cm³/mol. The molecule has 1 fully saturated rings. The zero-order chi connectivity index (χ0) is 16.4. The van der Waals surface area contributed by atoms with Crippen LogP contribution < -0.4 is 5.32 Å². The van der Waals surface area contributed by atoms with E-state index in [4.69, 9.17) is 21.5 Å². The number of nitrogens with one attached hydrogen (secondary N) is 1. The van der Waals surface area contributed by atoms with Gasteiger partial charge in [0.25, 0.3) is 12.4 Å². The standard InChI is InChI=1S/C11H9ClN2OS.C2H6.CH2O2/c1-6-4-3-5-8(12)9(6)13-11-14-10(15)7(2)16-11;1-2;2-1-3/h3-5H,2H2,1H3,(H,13,14,15);1-2H3;1H,(H,2,3). The summed E-state index contributed by atoms with van der Waals surface area (Å²) in [6, 6.07) is 5.55. The summed E-state index contributed by atoms with van der Waals surface area (Å²) in [4.78, 5) is 24.3. The maximum atomic E-state index is 11.2. The molecule has 0 spiro atoms. The van der Waals surface area contributed by atoms with E-state index < -0.39 is 0 Å². The largest absolute Gasteiger partial charge is 0.483 e. The summed E-state index contributed by atoms with van der Waals surface area (Å²) in [5, 5.41) is 10.6. The van der Waals surface area contributed by atoms with E-state index in [1.165, 1.54) is 11.8 Å². The summed E-state index contributed by atoms with van der Waals surface area (Å²) < 4.78 is 0. The second kappa shape index (κ2) is 10.0. The van der Waals surface area contributed by atoms with Gasteiger partial charge in [-0.05, 0) is 30.3 Å². The van der Waals surface area contributed by atoms with Crippen LogP contribution in [-0.2, 0) is 9.59 Å². The fraction of sp³-hybridized carbons (Fsp3) is 0.214. The smallest absolute Gasteiger partial charge is 0.290 e. The quantitative estimate of drug-likeness (QED) is 0.608. The molecule has 7 heteroatoms. The molecule has 1 aliphatic rings. The van der Waals surface area contributed by atoms with Crippen molar-refractivity contribution in [2.24, 2.45) is 4.99 Å². The molecule has 1 aromatic rings. The van der Waals surface area contributed by atoms with Gasteiger partial charge in [-0.25, -0.2) is 4.99 Å². The van der Waals surface area contributed by atoms with Gasteiger partial charge in [0.15, 0.2) is 5.17 Å². The van der Waals surface area contributed by atoms with Crippen LogP contribution in [0.25, 0.3) is 0 Å². The minimum Gasteiger partial charge on any atom is -0.483 e. The van der Waals surface area contributed by atoms with E-state index in [0.717, 1.165) is 5.56 Å². The van der Waals surface area contributed by atoms with E-state index >= 15 is 0 Å². The minimum absolute atomic E-state index is 0.201. The van der Waals surface area contributed by atoms with Gasteiger partial charge in [0.05, 0.1) is 15.6 Å². The third-order valence-corrected chi connectivity index (χ3v) is 3.22. The molecule has 0 radical (unpaired) electrons. The summed E-state index contributed by atoms with van der Waals surface area (Å²) in [5.74, 6) is -0.201. The Kier molecular flexibility index (Phi) is 9.16. The van der Waals surface area contributed by atoms with E-state index in [1.54, 1.807) is 6.07 Å². The van der Waals surface area contributed by atoms with E-state index in [2.05, 4.69) is 16.9 Å². The number of rotatable bonds is 1. The maximum Gasteiger partial charge on any atom is 0.290 e. The fourth-order valence-electron chi connectivity index (χ4n) is 1.27. The summed E-state index contributed by atoms with van der Waals surface area (Å²) in [5.41, 5.74) is 1.65. The van der Waals surface area contributed by atoms with Crippen LogP contribution in [0.5, 0.6) is 0 Å². The third kappa shape index (κ3) is 6.01. The molecule has 0 unspecified atom stereocenters. The van der Waals surface area contributed by atoms with Crippen LogP contribution in [0, 0.1) is 6.92 Å². The van der Waals surface area contributed by atoms with E-state index in [-0.39, 0.29) is 12.4 Å². The van der Waals surface area contributed by atoms with Crippen molar-refractivity contribution in [3.05, 3.63) is 40.3 Å². The Morgan fingerprint density at radius 1 is 1.43 bits per heavy atom. The van der Waals surface area contributed by atoms with Gasteiger partial charge in [0.2, 0.25) is 0 Å². The highest BCUT2D eigenvalue weighted by Crippen LogP contribution is 2.31. The molecular formula is C14H17ClN2O3S. The summed E-state index contributed by atoms with van der Waals surface area (Å²) in [6.07, 6.45) is 0. The van der Waals surface area contributed by atoms with Crippen LogP contribution in [-0.4, -0.2) is 22.7 Å². The van der Waals surface area contributed by atoms with Gasteiger partial charge in [-0.1, -0.05) is 44.2 Å². The molecule has 114 valence electrons. The monoisotopic (exact) mass is 328 g/mol. The number of carboxylic acid groups (broad SMARTS) is 1. The van der Waals surface area contributed by atoms with E-state index in [1.807, 2.05) is 32.9 Å². The zero-order valence-corrected chi connectivity index (χ0v) is 13.6. The number of carbonyl (C=O) groups excluding carboxylic acids is 1. The molecule has 1 aliphatic heterocycles. The lowest BCUT2D eigenvalue weighted by molar-refractivity contribution is -0.123. The van der Waals surface area contributed by atoms with Crippen molar-refractivity contribution in [3.63, 3.8) is 0 Å². The van der Waals surface area contributed by atoms with Crippen LogP contribution in [0.3, 0.4) is 0 Å². The molecule has 0 saturated carbocycles. The van der Waals surface area contributed by atoms with Crippen molar-refractivity contribution in [2.75, 3.05) is 0 Å². The number of thioether (sulfide) groups is 1. The molecule has 1 aromatic carbocycles. The van der Waals surface area contributed by atoms with Crippen LogP contribution in [0.2, 0.25) is 5.02 Å². The van der Waals surface area contributed by atoms with E-state index in [9.17, 15) is 4.79 Å². The zero-order valence-electron chi connectivity index (χ0n) is 12.0. The Morgan fingerprint density at radius 3 is 2.43 bits per heavy atom. The van der Waals surface area contributed by atoms with Gasteiger partial charge in [-0.15, -0.1) is 0 Å². The molecule has 0 bridgehead atoms. The molecule has 0 atom stereocenters. The number of halogens is 1. The number of nitrogens with zero attached hydrogens (tertiary/aromatic N) is 1. The van der Waals surface area contributed by atoms with Crippen LogP contribution in [0.1, 0.15) is 19.4 Å². The molecule has 2 N–H and O–H groups in total. The summed E-state index contributed by atoms with van der Waals surface area (Å²) in [7, 11) is 0. The molecule has 1 heterocycles. The number of amidine groups is 1. The van der Waals surface area contributed by atoms with Gasteiger partial charge >= 0.3 is 0 Å². The SMILES string of the molecule is C=C1SC(=Nc2c(C)cccc2Cl)NC1=O.CC.O=CO. The molecule has 1 saturated heterocycles. The van der Waals surface area contributed by atoms with Crippen molar-refractivity contribution < 1.29 is 14.7 Å². The lowest BCUT2D eigenvalue weighted by Crippen LogP contribution is -2.19. The minimum atomic E-state index is -0.250. The maximum absolute atomic E-state index is 11.2. The second-order valence-corrected chi connectivity index (χ2v) is 4.90. The number of carbonyl (C=O) groups is 2. The van der Waals surface area contributed by atoms with Crippen LogP contribution >= 0.6 is 23.4 Å². The lowest BCUT2D eigenvalue weighted by atomic mass is 10.2. The fourth-order valence-corrected chi connectivity index (χ4v) is 2.19. The highest BCUT2D eigenvalue weighted by Gasteiger charge is 2.22. The number of aryl methyl sites for hydroxylation is 1. The van der Waals surface area contributed by atoms with Crippen molar-refractivity contribution in [3.8, 4) is 0 Å². The first-order valence-corrected chi connectivity index (χ1v) is 7.28. The molecule has 0 aliphatic carbocycles. The molecule has 2 rings (SSSR count). The molecule has 21 heavy (non-hydrogen) atoms. The molecule has 0 aromatic heterocycles. The average Bonchev–Trinajstić information content (AvgIpc) is 2.76. The lowest BCUT2D eigenvalue weighted by Gasteiger charge is -2.03. The van der Waals surface area contributed by atoms with Gasteiger partial charge in [-0.3, -0.25) is 9.59 Å². The summed E-state index contributed by atoms with van der Waals surface area (Å²) in [6.45, 7) is 9.28. The normalized spacial score (nSPS) is 14.6. The van der Waals surface area contributed by atoms with Gasteiger partial charge < -0.3 is 10.4 Å². The van der Waals surface area contributed by atoms with Crippen molar-refractivity contribution in [2.45, 2.75) is 20.8 Å². The molecular weight excluding hydrogens is 312 g/mol. The van der Waals surface area contributed by atoms with Gasteiger partial charge in [0.1, 0.15) is 0 Å². The number of aliphatic imine (C=N–C) groups is 1. The Morgan fingerprint density at radius 2 is 2.00 bits per heavy atom. The Bertz CT molecular complexity index is 521. The third-order valence-electron chi connectivity index (χ3n) is 2.10. The first-order valence-electron chi connectivity index (χ1n) is 6.09. The Balaban J connectivity index is 0.000000713. The summed E-state index contributed by atoms with van der Waals surface area (Å²) >= 11 is 7.25. The number of amides is 1. The molecule has 1 amide bonds. The topological polar surface area (TPSA) is 78.8 Å². The van der Waals surface area contributed by atoms with Crippen molar-refractivity contribution in [1.82, 2.24) is 5.32 Å². The first kappa shape index (κ1) is 19.2. The van der Waals surface area contributed by atoms with Crippen molar-refractivity contribution >= 4 is 46.6 Å². The number of hydrogen-bond donors (Lipinski definition) is 2. The number of hydrogen-bond acceptors (Lipinski definition) is 4. The Hall–Kier alpha value is -1.79. The number of para-hydroxylation sites is 1. The van der Waals surface area contributed by atoms with Crippen LogP contribution in [0.4, 0.5) is 5.69 Å². The van der Waals surface area contributed by atoms with Crippen LogP contribution in [0.15, 0.2) is 34.7 Å². The molecule has 5 nitrogen and oxygen atoms in total. The van der Waals surface area contributed by atoms with Gasteiger partial charge in [0, 0.05) is 0 Å². The highest BCUT2D eigenvalue weighted by molar-refractivity contribution is 8.18. The van der Waals surface area contributed by atoms with E-state index in [0.29, 0.717) is 20.8 Å². The average molecular weight is 329 g/mol. The first-order chi connectivity index (χ1) is 9.99. The van der Waals surface area contributed by atoms with Crippen molar-refractivity contribution in [1.29, 1.82) is 0 Å². The number of benzene rings is 1. The highest BCUT2D eigenvalue weighted by atomic mass is 35.5. The second-order valence-electron chi connectivity index (χ2n) is 3.41. The predicted octanol–water partition coefficient (Wildman–Crippen LogP) is 3.74. The van der Waals surface area contributed by atoms with Gasteiger partial charge in [-0.2, -0.15) is 0 Å². The Labute approximate surface area is 133 Å².